The summed E-state index contributed by atoms with van der Waals surface area (Å²) in [7, 11) is 0. The van der Waals surface area contributed by atoms with Gasteiger partial charge in [-0.05, 0) is 67.1 Å². The Bertz CT molecular complexity index is 850. The minimum atomic E-state index is -0.0807. The smallest absolute Gasteiger partial charge is 0.238 e. The van der Waals surface area contributed by atoms with Gasteiger partial charge in [-0.25, -0.2) is 0 Å². The summed E-state index contributed by atoms with van der Waals surface area (Å²) in [5.41, 5.74) is 1.92. The predicted molar refractivity (Wildman–Crippen MR) is 110 cm³/mol. The van der Waals surface area contributed by atoms with E-state index in [2.05, 4.69) is 10.6 Å². The SMILES string of the molecule is O=C(CNCCc1ccc(Cl)cc1)Nc1ccc(Oc2ccccc2)cc1. The molecule has 0 aliphatic heterocycles. The number of ether oxygens (including phenoxy) is 1. The van der Waals surface area contributed by atoms with Crippen LogP contribution in [-0.4, -0.2) is 19.0 Å². The highest BCUT2D eigenvalue weighted by Gasteiger charge is 2.03. The molecule has 0 aliphatic rings. The summed E-state index contributed by atoms with van der Waals surface area (Å²) in [6.07, 6.45) is 0.843. The molecule has 2 N–H and O–H groups in total. The third kappa shape index (κ3) is 6.44. The summed E-state index contributed by atoms with van der Waals surface area (Å²) in [6, 6.07) is 24.6. The number of nitrogens with one attached hydrogen (secondary N) is 2. The highest BCUT2D eigenvalue weighted by molar-refractivity contribution is 6.30. The Hall–Kier alpha value is -2.82. The maximum absolute atomic E-state index is 12.0. The molecule has 3 aromatic carbocycles. The van der Waals surface area contributed by atoms with Crippen LogP contribution in [0.1, 0.15) is 5.56 Å². The zero-order valence-corrected chi connectivity index (χ0v) is 15.6. The van der Waals surface area contributed by atoms with E-state index in [0.717, 1.165) is 35.2 Å². The topological polar surface area (TPSA) is 50.4 Å². The van der Waals surface area contributed by atoms with E-state index >= 15 is 0 Å². The molecule has 3 aromatic rings. The zero-order chi connectivity index (χ0) is 18.9. The number of carbonyl (C=O) groups is 1. The fourth-order valence-electron chi connectivity index (χ4n) is 2.52. The van der Waals surface area contributed by atoms with Crippen molar-refractivity contribution in [3.63, 3.8) is 0 Å². The van der Waals surface area contributed by atoms with Gasteiger partial charge in [-0.2, -0.15) is 0 Å². The summed E-state index contributed by atoms with van der Waals surface area (Å²) >= 11 is 5.87. The number of anilines is 1. The molecule has 0 heterocycles. The Morgan fingerprint density at radius 3 is 2.22 bits per heavy atom. The number of halogens is 1. The Labute approximate surface area is 164 Å². The lowest BCUT2D eigenvalue weighted by molar-refractivity contribution is -0.115. The summed E-state index contributed by atoms with van der Waals surface area (Å²) in [6.45, 7) is 0.981. The van der Waals surface area contributed by atoms with Crippen molar-refractivity contribution in [2.75, 3.05) is 18.4 Å². The van der Waals surface area contributed by atoms with Crippen LogP contribution in [0.2, 0.25) is 5.02 Å². The molecule has 0 saturated heterocycles. The average Bonchev–Trinajstić information content (AvgIpc) is 2.69. The van der Waals surface area contributed by atoms with Gasteiger partial charge < -0.3 is 15.4 Å². The van der Waals surface area contributed by atoms with E-state index in [1.54, 1.807) is 0 Å². The lowest BCUT2D eigenvalue weighted by Crippen LogP contribution is -2.29. The second-order valence-corrected chi connectivity index (χ2v) is 6.48. The summed E-state index contributed by atoms with van der Waals surface area (Å²) in [5.74, 6) is 1.42. The third-order valence-electron chi connectivity index (χ3n) is 3.91. The number of carbonyl (C=O) groups excluding carboxylic acids is 1. The quantitative estimate of drug-likeness (QED) is 0.546. The van der Waals surface area contributed by atoms with Crippen LogP contribution in [0.15, 0.2) is 78.9 Å². The van der Waals surface area contributed by atoms with Crippen molar-refractivity contribution in [1.29, 1.82) is 0 Å². The largest absolute Gasteiger partial charge is 0.457 e. The van der Waals surface area contributed by atoms with Crippen molar-refractivity contribution < 1.29 is 9.53 Å². The molecule has 0 aromatic heterocycles. The van der Waals surface area contributed by atoms with Crippen LogP contribution in [-0.2, 0) is 11.2 Å². The number of benzene rings is 3. The normalized spacial score (nSPS) is 10.4. The molecule has 0 radical (unpaired) electrons. The summed E-state index contributed by atoms with van der Waals surface area (Å²) in [5, 5.41) is 6.74. The van der Waals surface area contributed by atoms with Gasteiger partial charge in [0.05, 0.1) is 6.54 Å². The standard InChI is InChI=1S/C22H21ClN2O2/c23-18-8-6-17(7-9-18)14-15-24-16-22(26)25-19-10-12-21(13-11-19)27-20-4-2-1-3-5-20/h1-13,24H,14-16H2,(H,25,26). The maximum Gasteiger partial charge on any atom is 0.238 e. The Morgan fingerprint density at radius 1 is 0.852 bits per heavy atom. The van der Waals surface area contributed by atoms with E-state index in [0.29, 0.717) is 0 Å². The molecule has 4 nitrogen and oxygen atoms in total. The summed E-state index contributed by atoms with van der Waals surface area (Å²) < 4.78 is 5.73. The summed E-state index contributed by atoms with van der Waals surface area (Å²) in [4.78, 5) is 12.0. The van der Waals surface area contributed by atoms with Crippen molar-refractivity contribution in [2.24, 2.45) is 0 Å². The van der Waals surface area contributed by atoms with Gasteiger partial charge in [-0.1, -0.05) is 41.9 Å². The lowest BCUT2D eigenvalue weighted by atomic mass is 10.1. The minimum Gasteiger partial charge on any atom is -0.457 e. The van der Waals surface area contributed by atoms with Gasteiger partial charge in [-0.3, -0.25) is 4.79 Å². The average molecular weight is 381 g/mol. The molecule has 0 atom stereocenters. The molecule has 0 bridgehead atoms. The molecule has 3 rings (SSSR count). The van der Waals surface area contributed by atoms with E-state index in [1.807, 2.05) is 78.9 Å². The molecular weight excluding hydrogens is 360 g/mol. The fourth-order valence-corrected chi connectivity index (χ4v) is 2.65. The number of hydrogen-bond acceptors (Lipinski definition) is 3. The molecule has 0 saturated carbocycles. The molecule has 27 heavy (non-hydrogen) atoms. The molecule has 0 aliphatic carbocycles. The monoisotopic (exact) mass is 380 g/mol. The Morgan fingerprint density at radius 2 is 1.52 bits per heavy atom. The van der Waals surface area contributed by atoms with Crippen molar-refractivity contribution in [1.82, 2.24) is 5.32 Å². The first-order valence-corrected chi connectivity index (χ1v) is 9.15. The van der Waals surface area contributed by atoms with E-state index in [-0.39, 0.29) is 12.5 Å². The van der Waals surface area contributed by atoms with Gasteiger partial charge in [0, 0.05) is 10.7 Å². The molecular formula is C22H21ClN2O2. The number of rotatable bonds is 8. The molecule has 0 fully saturated rings. The first kappa shape index (κ1) is 19.0. The first-order chi connectivity index (χ1) is 13.2. The van der Waals surface area contributed by atoms with Crippen LogP contribution in [0.3, 0.4) is 0 Å². The van der Waals surface area contributed by atoms with E-state index < -0.39 is 0 Å². The van der Waals surface area contributed by atoms with Gasteiger partial charge in [0.1, 0.15) is 11.5 Å². The van der Waals surface area contributed by atoms with E-state index in [4.69, 9.17) is 16.3 Å². The molecule has 1 amide bonds. The minimum absolute atomic E-state index is 0.0807. The van der Waals surface area contributed by atoms with Gasteiger partial charge in [0.15, 0.2) is 0 Å². The molecule has 0 unspecified atom stereocenters. The van der Waals surface area contributed by atoms with Crippen molar-refractivity contribution >= 4 is 23.2 Å². The number of hydrogen-bond donors (Lipinski definition) is 2. The second kappa shape index (κ2) is 9.76. The van der Waals surface area contributed by atoms with Gasteiger partial charge in [0.2, 0.25) is 5.91 Å². The van der Waals surface area contributed by atoms with Gasteiger partial charge >= 0.3 is 0 Å². The van der Waals surface area contributed by atoms with Crippen LogP contribution in [0, 0.1) is 0 Å². The molecule has 138 valence electrons. The van der Waals surface area contributed by atoms with Crippen LogP contribution in [0.4, 0.5) is 5.69 Å². The van der Waals surface area contributed by atoms with Crippen LogP contribution in [0.5, 0.6) is 11.5 Å². The zero-order valence-electron chi connectivity index (χ0n) is 14.8. The molecule has 5 heteroatoms. The van der Waals surface area contributed by atoms with Crippen LogP contribution >= 0.6 is 11.6 Å². The second-order valence-electron chi connectivity index (χ2n) is 6.04. The van der Waals surface area contributed by atoms with E-state index in [9.17, 15) is 4.79 Å². The Balaban J connectivity index is 1.39. The third-order valence-corrected chi connectivity index (χ3v) is 4.16. The van der Waals surface area contributed by atoms with E-state index in [1.165, 1.54) is 5.56 Å². The highest BCUT2D eigenvalue weighted by atomic mass is 35.5. The predicted octanol–water partition coefficient (Wildman–Crippen LogP) is 4.90. The first-order valence-electron chi connectivity index (χ1n) is 8.77. The van der Waals surface area contributed by atoms with Crippen LogP contribution < -0.4 is 15.4 Å². The molecule has 0 spiro atoms. The van der Waals surface area contributed by atoms with Crippen molar-refractivity contribution in [3.8, 4) is 11.5 Å². The fraction of sp³-hybridized carbons (Fsp3) is 0.136. The van der Waals surface area contributed by atoms with Gasteiger partial charge in [0.25, 0.3) is 0 Å². The van der Waals surface area contributed by atoms with Crippen molar-refractivity contribution in [2.45, 2.75) is 6.42 Å². The van der Waals surface area contributed by atoms with Gasteiger partial charge in [-0.15, -0.1) is 0 Å². The van der Waals surface area contributed by atoms with Crippen LogP contribution in [0.25, 0.3) is 0 Å². The highest BCUT2D eigenvalue weighted by Crippen LogP contribution is 2.22. The Kier molecular flexibility index (Phi) is 6.85. The lowest BCUT2D eigenvalue weighted by Gasteiger charge is -2.09. The van der Waals surface area contributed by atoms with Crippen molar-refractivity contribution in [3.05, 3.63) is 89.4 Å². The number of para-hydroxylation sites is 1. The number of amides is 1. The maximum atomic E-state index is 12.0.